The van der Waals surface area contributed by atoms with Crippen LogP contribution in [0.5, 0.6) is 0 Å². The molecular formula is C18H22N2O3S2. The van der Waals surface area contributed by atoms with Crippen molar-refractivity contribution in [2.45, 2.75) is 37.8 Å². The third-order valence-corrected chi connectivity index (χ3v) is 7.83. The third-order valence-electron chi connectivity index (χ3n) is 4.38. The van der Waals surface area contributed by atoms with Crippen molar-refractivity contribution in [3.8, 4) is 0 Å². The molecule has 1 aliphatic heterocycles. The molecule has 0 saturated carbocycles. The van der Waals surface area contributed by atoms with Crippen LogP contribution in [0.25, 0.3) is 0 Å². The van der Waals surface area contributed by atoms with Gasteiger partial charge < -0.3 is 5.32 Å². The molecule has 2 aromatic rings. The van der Waals surface area contributed by atoms with Crippen molar-refractivity contribution in [3.05, 3.63) is 45.8 Å². The standard InChI is InChI=1S/C18H22N2O3S2/c1-12-10-13(2)17(14(3)11-12)19-18(21)15-6-7-16(24-15)25(22,23)20-8-4-5-9-20/h6-7,10-11H,4-5,8-9H2,1-3H3,(H,19,21). The maximum absolute atomic E-state index is 12.6. The summed E-state index contributed by atoms with van der Waals surface area (Å²) < 4.78 is 26.9. The molecule has 0 spiro atoms. The fourth-order valence-corrected chi connectivity index (χ4v) is 6.06. The largest absolute Gasteiger partial charge is 0.321 e. The van der Waals surface area contributed by atoms with E-state index >= 15 is 0 Å². The SMILES string of the molecule is Cc1cc(C)c(NC(=O)c2ccc(S(=O)(=O)N3CCCC3)s2)c(C)c1. The van der Waals surface area contributed by atoms with E-state index in [0.29, 0.717) is 18.0 Å². The molecule has 3 rings (SSSR count). The number of hydrogen-bond acceptors (Lipinski definition) is 4. The highest BCUT2D eigenvalue weighted by molar-refractivity contribution is 7.91. The second-order valence-corrected chi connectivity index (χ2v) is 9.71. The Balaban J connectivity index is 1.82. The molecule has 0 bridgehead atoms. The molecule has 1 aromatic carbocycles. The highest BCUT2D eigenvalue weighted by atomic mass is 32.2. The zero-order chi connectivity index (χ0) is 18.2. The molecule has 1 N–H and O–H groups in total. The number of anilines is 1. The van der Waals surface area contributed by atoms with Crippen molar-refractivity contribution in [2.24, 2.45) is 0 Å². The lowest BCUT2D eigenvalue weighted by atomic mass is 10.1. The molecule has 0 unspecified atom stereocenters. The molecule has 2 heterocycles. The second kappa shape index (κ2) is 6.90. The summed E-state index contributed by atoms with van der Waals surface area (Å²) in [7, 11) is -3.47. The van der Waals surface area contributed by atoms with Crippen LogP contribution in [0.2, 0.25) is 0 Å². The highest BCUT2D eigenvalue weighted by Gasteiger charge is 2.29. The first-order valence-corrected chi connectivity index (χ1v) is 10.5. The zero-order valence-corrected chi connectivity index (χ0v) is 16.3. The second-order valence-electron chi connectivity index (χ2n) is 6.46. The van der Waals surface area contributed by atoms with E-state index in [2.05, 4.69) is 5.32 Å². The number of aryl methyl sites for hydroxylation is 3. The van der Waals surface area contributed by atoms with E-state index in [9.17, 15) is 13.2 Å². The lowest BCUT2D eigenvalue weighted by Crippen LogP contribution is -2.27. The minimum atomic E-state index is -3.47. The molecule has 5 nitrogen and oxygen atoms in total. The number of hydrogen-bond donors (Lipinski definition) is 1. The third kappa shape index (κ3) is 3.63. The summed E-state index contributed by atoms with van der Waals surface area (Å²) in [5, 5.41) is 2.92. The Hall–Kier alpha value is -1.70. The number of benzene rings is 1. The number of sulfonamides is 1. The van der Waals surface area contributed by atoms with Gasteiger partial charge in [0.05, 0.1) is 4.88 Å². The molecule has 0 atom stereocenters. The summed E-state index contributed by atoms with van der Waals surface area (Å²) in [5.41, 5.74) is 3.91. The van der Waals surface area contributed by atoms with Gasteiger partial charge in [0, 0.05) is 18.8 Å². The van der Waals surface area contributed by atoms with Gasteiger partial charge in [-0.15, -0.1) is 11.3 Å². The van der Waals surface area contributed by atoms with Crippen molar-refractivity contribution in [2.75, 3.05) is 18.4 Å². The van der Waals surface area contributed by atoms with Crippen LogP contribution >= 0.6 is 11.3 Å². The summed E-state index contributed by atoms with van der Waals surface area (Å²) in [6.45, 7) is 7.04. The van der Waals surface area contributed by atoms with Crippen molar-refractivity contribution in [3.63, 3.8) is 0 Å². The van der Waals surface area contributed by atoms with Crippen LogP contribution in [0, 0.1) is 20.8 Å². The number of nitrogens with one attached hydrogen (secondary N) is 1. The van der Waals surface area contributed by atoms with E-state index in [-0.39, 0.29) is 10.1 Å². The van der Waals surface area contributed by atoms with Crippen molar-refractivity contribution < 1.29 is 13.2 Å². The van der Waals surface area contributed by atoms with Crippen LogP contribution in [0.4, 0.5) is 5.69 Å². The van der Waals surface area contributed by atoms with E-state index in [1.54, 1.807) is 6.07 Å². The normalized spacial score (nSPS) is 15.5. The first-order valence-electron chi connectivity index (χ1n) is 8.28. The first kappa shape index (κ1) is 18.1. The van der Waals surface area contributed by atoms with Crippen LogP contribution in [-0.4, -0.2) is 31.7 Å². The Morgan fingerprint density at radius 1 is 1.08 bits per heavy atom. The van der Waals surface area contributed by atoms with Crippen molar-refractivity contribution in [1.82, 2.24) is 4.31 Å². The van der Waals surface area contributed by atoms with Gasteiger partial charge in [-0.25, -0.2) is 8.42 Å². The van der Waals surface area contributed by atoms with E-state index in [4.69, 9.17) is 0 Å². The van der Waals surface area contributed by atoms with Gasteiger partial charge in [0.25, 0.3) is 15.9 Å². The molecule has 0 radical (unpaired) electrons. The molecular weight excluding hydrogens is 356 g/mol. The van der Waals surface area contributed by atoms with Crippen LogP contribution in [0.1, 0.15) is 39.2 Å². The van der Waals surface area contributed by atoms with Gasteiger partial charge in [-0.2, -0.15) is 4.31 Å². The first-order chi connectivity index (χ1) is 11.8. The highest BCUT2D eigenvalue weighted by Crippen LogP contribution is 2.29. The van der Waals surface area contributed by atoms with Gasteiger partial charge in [-0.1, -0.05) is 17.7 Å². The van der Waals surface area contributed by atoms with Crippen LogP contribution in [0.3, 0.4) is 0 Å². The Kier molecular flexibility index (Phi) is 4.99. The average Bonchev–Trinajstić information content (AvgIpc) is 3.21. The minimum Gasteiger partial charge on any atom is -0.321 e. The Morgan fingerprint density at radius 3 is 2.28 bits per heavy atom. The predicted molar refractivity (Wildman–Crippen MR) is 101 cm³/mol. The van der Waals surface area contributed by atoms with E-state index in [1.165, 1.54) is 10.4 Å². The van der Waals surface area contributed by atoms with Gasteiger partial charge in [0.2, 0.25) is 0 Å². The monoisotopic (exact) mass is 378 g/mol. The quantitative estimate of drug-likeness (QED) is 0.882. The van der Waals surface area contributed by atoms with E-state index in [1.807, 2.05) is 32.9 Å². The molecule has 25 heavy (non-hydrogen) atoms. The predicted octanol–water partition coefficient (Wildman–Crippen LogP) is 3.71. The Bertz CT molecular complexity index is 887. The van der Waals surface area contributed by atoms with E-state index < -0.39 is 10.0 Å². The number of rotatable bonds is 4. The number of carbonyl (C=O) groups is 1. The van der Waals surface area contributed by atoms with Gasteiger partial charge in [0.1, 0.15) is 4.21 Å². The number of thiophene rings is 1. The van der Waals surface area contributed by atoms with Gasteiger partial charge in [-0.3, -0.25) is 4.79 Å². The lowest BCUT2D eigenvalue weighted by molar-refractivity contribution is 0.103. The average molecular weight is 379 g/mol. The summed E-state index contributed by atoms with van der Waals surface area (Å²) in [6, 6.07) is 7.14. The summed E-state index contributed by atoms with van der Waals surface area (Å²) in [6.07, 6.45) is 1.79. The van der Waals surface area contributed by atoms with Gasteiger partial charge in [0.15, 0.2) is 0 Å². The molecule has 7 heteroatoms. The summed E-state index contributed by atoms with van der Waals surface area (Å²) in [5.74, 6) is -0.275. The van der Waals surface area contributed by atoms with Crippen molar-refractivity contribution >= 4 is 33.0 Å². The number of nitrogens with zero attached hydrogens (tertiary/aromatic N) is 1. The molecule has 1 amide bonds. The molecule has 1 saturated heterocycles. The van der Waals surface area contributed by atoms with Gasteiger partial charge in [-0.05, 0) is 56.9 Å². The molecule has 134 valence electrons. The molecule has 1 fully saturated rings. The van der Waals surface area contributed by atoms with Crippen LogP contribution in [0.15, 0.2) is 28.5 Å². The van der Waals surface area contributed by atoms with E-state index in [0.717, 1.165) is 46.6 Å². The Morgan fingerprint density at radius 2 is 1.68 bits per heavy atom. The smallest absolute Gasteiger partial charge is 0.265 e. The minimum absolute atomic E-state index is 0.233. The molecule has 1 aliphatic rings. The summed E-state index contributed by atoms with van der Waals surface area (Å²) >= 11 is 1.03. The molecule has 0 aliphatic carbocycles. The van der Waals surface area contributed by atoms with Crippen LogP contribution < -0.4 is 5.32 Å². The van der Waals surface area contributed by atoms with Gasteiger partial charge >= 0.3 is 0 Å². The fraction of sp³-hybridized carbons (Fsp3) is 0.389. The zero-order valence-electron chi connectivity index (χ0n) is 14.6. The van der Waals surface area contributed by atoms with Crippen molar-refractivity contribution in [1.29, 1.82) is 0 Å². The number of carbonyl (C=O) groups excluding carboxylic acids is 1. The summed E-state index contributed by atoms with van der Waals surface area (Å²) in [4.78, 5) is 13.0. The van der Waals surface area contributed by atoms with Crippen LogP contribution in [-0.2, 0) is 10.0 Å². The number of amides is 1. The fourth-order valence-electron chi connectivity index (χ4n) is 3.19. The maximum Gasteiger partial charge on any atom is 0.265 e. The Labute approximate surface area is 152 Å². The maximum atomic E-state index is 12.6. The topological polar surface area (TPSA) is 66.5 Å². The molecule has 1 aromatic heterocycles. The lowest BCUT2D eigenvalue weighted by Gasteiger charge is -2.13.